The summed E-state index contributed by atoms with van der Waals surface area (Å²) >= 11 is 0. The molecule has 0 amide bonds. The van der Waals surface area contributed by atoms with Crippen LogP contribution in [0.4, 0.5) is 13.2 Å². The van der Waals surface area contributed by atoms with Gasteiger partial charge in [0.25, 0.3) is 0 Å². The van der Waals surface area contributed by atoms with Crippen molar-refractivity contribution in [2.45, 2.75) is 63.1 Å². The SMILES string of the molecule is COc1cccc2[nH]c(CCCN(C)CC[C@@]3(OC(=O)CC(F)(F)F)C[C@@H]4CCC[C@H]3C=C4c3ccccc3)nc12. The fourth-order valence-corrected chi connectivity index (χ4v) is 6.56. The maximum absolute atomic E-state index is 13.1. The molecule has 1 N–H and O–H groups in total. The second-order valence-electron chi connectivity index (χ2n) is 11.5. The third-order valence-corrected chi connectivity index (χ3v) is 8.54. The molecule has 1 fully saturated rings. The van der Waals surface area contributed by atoms with Crippen molar-refractivity contribution >= 4 is 22.6 Å². The van der Waals surface area contributed by atoms with E-state index < -0.39 is 24.2 Å². The van der Waals surface area contributed by atoms with Crippen molar-refractivity contribution in [3.63, 3.8) is 0 Å². The number of fused-ring (bicyclic) bond motifs is 4. The highest BCUT2D eigenvalue weighted by Crippen LogP contribution is 2.51. The number of H-pyrrole nitrogens is 1. The van der Waals surface area contributed by atoms with Gasteiger partial charge < -0.3 is 19.4 Å². The number of halogens is 3. The van der Waals surface area contributed by atoms with Crippen LogP contribution in [-0.2, 0) is 16.0 Å². The smallest absolute Gasteiger partial charge is 0.399 e. The van der Waals surface area contributed by atoms with Crippen molar-refractivity contribution in [1.82, 2.24) is 14.9 Å². The van der Waals surface area contributed by atoms with Gasteiger partial charge in [0.05, 0.1) is 12.6 Å². The maximum Gasteiger partial charge on any atom is 0.399 e. The molecule has 2 bridgehead atoms. The third kappa shape index (κ3) is 6.94. The molecule has 1 heterocycles. The highest BCUT2D eigenvalue weighted by atomic mass is 19.4. The van der Waals surface area contributed by atoms with Gasteiger partial charge in [0.2, 0.25) is 0 Å². The Bertz CT molecular complexity index is 1370. The fourth-order valence-electron chi connectivity index (χ4n) is 6.56. The normalized spacial score (nSPS) is 22.5. The van der Waals surface area contributed by atoms with Crippen molar-refractivity contribution in [2.24, 2.45) is 11.8 Å². The number of aromatic amines is 1. The fraction of sp³-hybridized carbons (Fsp3) is 0.500. The van der Waals surface area contributed by atoms with Crippen LogP contribution in [0.15, 0.2) is 54.6 Å². The number of nitrogens with one attached hydrogen (secondary N) is 1. The largest absolute Gasteiger partial charge is 0.494 e. The number of benzene rings is 2. The summed E-state index contributed by atoms with van der Waals surface area (Å²) in [4.78, 5) is 22.8. The molecule has 0 unspecified atom stereocenters. The predicted octanol–water partition coefficient (Wildman–Crippen LogP) is 6.96. The number of para-hydroxylation sites is 1. The van der Waals surface area contributed by atoms with Gasteiger partial charge in [-0.2, -0.15) is 13.2 Å². The Labute approximate surface area is 238 Å². The van der Waals surface area contributed by atoms with E-state index in [1.165, 1.54) is 5.57 Å². The lowest BCUT2D eigenvalue weighted by atomic mass is 9.69. The number of hydrogen-bond acceptors (Lipinski definition) is 5. The molecule has 220 valence electrons. The summed E-state index contributed by atoms with van der Waals surface area (Å²) in [6, 6.07) is 15.9. The second-order valence-corrected chi connectivity index (χ2v) is 11.5. The average molecular weight is 570 g/mol. The number of aryl methyl sites for hydroxylation is 1. The number of methoxy groups -OCH3 is 1. The monoisotopic (exact) mass is 569 g/mol. The van der Waals surface area contributed by atoms with Crippen molar-refractivity contribution in [3.8, 4) is 5.75 Å². The summed E-state index contributed by atoms with van der Waals surface area (Å²) in [5, 5.41) is 0. The summed E-state index contributed by atoms with van der Waals surface area (Å²) in [5.74, 6) is 0.463. The molecule has 9 heteroatoms. The number of ether oxygens (including phenoxy) is 2. The zero-order valence-corrected chi connectivity index (χ0v) is 23.7. The van der Waals surface area contributed by atoms with Crippen LogP contribution in [-0.4, -0.2) is 59.9 Å². The van der Waals surface area contributed by atoms with Gasteiger partial charge in [-0.25, -0.2) is 4.98 Å². The maximum atomic E-state index is 13.1. The van der Waals surface area contributed by atoms with Crippen LogP contribution in [0.1, 0.15) is 56.3 Å². The Balaban J connectivity index is 1.27. The lowest BCUT2D eigenvalue weighted by Gasteiger charge is -2.44. The second kappa shape index (κ2) is 12.3. The number of carbonyl (C=O) groups is 1. The predicted molar refractivity (Wildman–Crippen MR) is 152 cm³/mol. The zero-order chi connectivity index (χ0) is 29.0. The lowest BCUT2D eigenvalue weighted by molar-refractivity contribution is -0.189. The van der Waals surface area contributed by atoms with Crippen molar-refractivity contribution < 1.29 is 27.4 Å². The van der Waals surface area contributed by atoms with E-state index in [1.54, 1.807) is 7.11 Å². The van der Waals surface area contributed by atoms with Crippen LogP contribution in [0.3, 0.4) is 0 Å². The van der Waals surface area contributed by atoms with E-state index in [4.69, 9.17) is 9.47 Å². The minimum absolute atomic E-state index is 0.118. The van der Waals surface area contributed by atoms with Crippen molar-refractivity contribution in [2.75, 3.05) is 27.2 Å². The first kappa shape index (κ1) is 29.2. The lowest BCUT2D eigenvalue weighted by Crippen LogP contribution is -2.47. The van der Waals surface area contributed by atoms with Crippen molar-refractivity contribution in [3.05, 3.63) is 66.0 Å². The molecule has 41 heavy (non-hydrogen) atoms. The topological polar surface area (TPSA) is 67.4 Å². The molecule has 1 aromatic heterocycles. The standard InChI is InChI=1S/C32H38F3N3O3/c1-38(17-8-15-28-36-26-13-7-14-27(40-2)30(26)37-28)18-16-31(41-29(39)21-32(33,34)35)20-23-11-6-12-24(31)19-25(23)22-9-4-3-5-10-22/h3-5,7,9-10,13-14,19,23-24H,6,8,11-12,15-18,20-21H2,1-2H3,(H,36,37)/t23-,24-,31+/m0/s1. The van der Waals surface area contributed by atoms with Crippen LogP contribution in [0.2, 0.25) is 0 Å². The van der Waals surface area contributed by atoms with Gasteiger partial charge in [-0.15, -0.1) is 0 Å². The Morgan fingerprint density at radius 3 is 2.68 bits per heavy atom. The first-order chi connectivity index (χ1) is 19.7. The Morgan fingerprint density at radius 2 is 1.93 bits per heavy atom. The Hall–Kier alpha value is -3.33. The average Bonchev–Trinajstić information content (AvgIpc) is 3.13. The van der Waals surface area contributed by atoms with Gasteiger partial charge in [0.15, 0.2) is 0 Å². The number of imidazole rings is 1. The summed E-state index contributed by atoms with van der Waals surface area (Å²) in [6.07, 6.45) is 1.38. The highest BCUT2D eigenvalue weighted by Gasteiger charge is 2.49. The van der Waals surface area contributed by atoms with Crippen LogP contribution < -0.4 is 4.74 Å². The molecule has 0 saturated heterocycles. The number of hydrogen-bond donors (Lipinski definition) is 1. The number of aromatic nitrogens is 2. The minimum Gasteiger partial charge on any atom is -0.494 e. The van der Waals surface area contributed by atoms with Crippen LogP contribution >= 0.6 is 0 Å². The van der Waals surface area contributed by atoms with E-state index in [1.807, 2.05) is 43.4 Å². The molecule has 3 aliphatic carbocycles. The minimum atomic E-state index is -4.59. The van der Waals surface area contributed by atoms with Crippen molar-refractivity contribution in [1.29, 1.82) is 0 Å². The first-order valence-corrected chi connectivity index (χ1v) is 14.4. The molecular formula is C32H38F3N3O3. The van der Waals surface area contributed by atoms with Gasteiger partial charge in [-0.1, -0.05) is 48.9 Å². The molecule has 0 radical (unpaired) electrons. The third-order valence-electron chi connectivity index (χ3n) is 8.54. The van der Waals surface area contributed by atoms with Gasteiger partial charge in [0, 0.05) is 25.3 Å². The van der Waals surface area contributed by atoms with Crippen LogP contribution in [0, 0.1) is 11.8 Å². The van der Waals surface area contributed by atoms with E-state index in [0.717, 1.165) is 66.8 Å². The van der Waals surface area contributed by atoms with E-state index >= 15 is 0 Å². The Morgan fingerprint density at radius 1 is 1.12 bits per heavy atom. The molecule has 3 aliphatic rings. The molecule has 0 aliphatic heterocycles. The first-order valence-electron chi connectivity index (χ1n) is 14.4. The number of esters is 1. The van der Waals surface area contributed by atoms with E-state index in [9.17, 15) is 18.0 Å². The molecule has 6 nitrogen and oxygen atoms in total. The molecule has 3 aromatic rings. The molecule has 2 aromatic carbocycles. The molecule has 3 atom stereocenters. The molecular weight excluding hydrogens is 531 g/mol. The van der Waals surface area contributed by atoms with Gasteiger partial charge in [-0.3, -0.25) is 4.79 Å². The number of alkyl halides is 3. The molecule has 1 saturated carbocycles. The van der Waals surface area contributed by atoms with Crippen LogP contribution in [0.5, 0.6) is 5.75 Å². The number of allylic oxidation sites excluding steroid dienone is 1. The van der Waals surface area contributed by atoms with Gasteiger partial charge >= 0.3 is 12.1 Å². The van der Waals surface area contributed by atoms with Gasteiger partial charge in [-0.05, 0) is 68.5 Å². The molecule has 0 spiro atoms. The van der Waals surface area contributed by atoms with Gasteiger partial charge in [0.1, 0.15) is 29.1 Å². The number of rotatable bonds is 11. The summed E-state index contributed by atoms with van der Waals surface area (Å²) in [6.45, 7) is 1.39. The van der Waals surface area contributed by atoms with E-state index in [2.05, 4.69) is 33.1 Å². The summed E-state index contributed by atoms with van der Waals surface area (Å²) in [5.41, 5.74) is 3.17. The van der Waals surface area contributed by atoms with E-state index in [-0.39, 0.29) is 11.8 Å². The summed E-state index contributed by atoms with van der Waals surface area (Å²) in [7, 11) is 3.64. The number of nitrogens with zero attached hydrogens (tertiary/aromatic N) is 2. The highest BCUT2D eigenvalue weighted by molar-refractivity contribution is 5.81. The molecule has 6 rings (SSSR count). The number of carbonyl (C=O) groups excluding carboxylic acids is 1. The summed E-state index contributed by atoms with van der Waals surface area (Å²) < 4.78 is 50.6. The zero-order valence-electron chi connectivity index (χ0n) is 23.7. The van der Waals surface area contributed by atoms with Crippen LogP contribution in [0.25, 0.3) is 16.6 Å². The Kier molecular flexibility index (Phi) is 8.73. The van der Waals surface area contributed by atoms with E-state index in [0.29, 0.717) is 19.4 Å². The quantitative estimate of drug-likeness (QED) is 0.253.